The van der Waals surface area contributed by atoms with Crippen molar-refractivity contribution in [1.29, 1.82) is 0 Å². The highest BCUT2D eigenvalue weighted by Gasteiger charge is 2.26. The van der Waals surface area contributed by atoms with Gasteiger partial charge < -0.3 is 10.1 Å². The fourth-order valence-corrected chi connectivity index (χ4v) is 2.73. The van der Waals surface area contributed by atoms with Crippen LogP contribution in [0.4, 0.5) is 0 Å². The van der Waals surface area contributed by atoms with Crippen molar-refractivity contribution in [2.75, 3.05) is 13.7 Å². The van der Waals surface area contributed by atoms with Crippen LogP contribution in [0, 0.1) is 5.92 Å². The molecule has 0 amide bonds. The minimum absolute atomic E-state index is 0.481. The molecule has 1 aromatic rings. The molecule has 1 aliphatic rings. The topological polar surface area (TPSA) is 21.3 Å². The Morgan fingerprint density at radius 2 is 2.24 bits per heavy atom. The molecule has 0 saturated heterocycles. The highest BCUT2D eigenvalue weighted by molar-refractivity contribution is 9.10. The molecule has 1 unspecified atom stereocenters. The van der Waals surface area contributed by atoms with Crippen molar-refractivity contribution < 1.29 is 4.74 Å². The summed E-state index contributed by atoms with van der Waals surface area (Å²) < 4.78 is 6.30. The Morgan fingerprint density at radius 1 is 1.47 bits per heavy atom. The normalized spacial score (nSPS) is 16.9. The van der Waals surface area contributed by atoms with Gasteiger partial charge in [0.25, 0.3) is 0 Å². The lowest BCUT2D eigenvalue weighted by atomic mass is 10.0. The van der Waals surface area contributed by atoms with Crippen LogP contribution in [-0.2, 0) is 0 Å². The molecule has 1 aliphatic carbocycles. The average molecular weight is 298 g/mol. The van der Waals surface area contributed by atoms with Gasteiger partial charge in [-0.25, -0.2) is 0 Å². The first-order valence-corrected chi connectivity index (χ1v) is 7.10. The third-order valence-corrected chi connectivity index (χ3v) is 3.91. The van der Waals surface area contributed by atoms with E-state index >= 15 is 0 Å². The fraction of sp³-hybridized carbons (Fsp3) is 0.571. The minimum atomic E-state index is 0.481. The van der Waals surface area contributed by atoms with Gasteiger partial charge in [0, 0.05) is 6.04 Å². The number of benzene rings is 1. The van der Waals surface area contributed by atoms with Gasteiger partial charge in [0.15, 0.2) is 0 Å². The van der Waals surface area contributed by atoms with Gasteiger partial charge in [0.1, 0.15) is 5.75 Å². The molecule has 0 aromatic heterocycles. The van der Waals surface area contributed by atoms with E-state index < -0.39 is 0 Å². The minimum Gasteiger partial charge on any atom is -0.496 e. The molecule has 0 aliphatic heterocycles. The summed E-state index contributed by atoms with van der Waals surface area (Å²) >= 11 is 3.56. The Balaban J connectivity index is 2.13. The highest BCUT2D eigenvalue weighted by Crippen LogP contribution is 2.38. The first kappa shape index (κ1) is 12.9. The van der Waals surface area contributed by atoms with Gasteiger partial charge >= 0.3 is 0 Å². The molecule has 0 spiro atoms. The molecule has 1 saturated carbocycles. The summed E-state index contributed by atoms with van der Waals surface area (Å²) in [5.41, 5.74) is 1.35. The second kappa shape index (κ2) is 5.87. The fourth-order valence-electron chi connectivity index (χ4n) is 2.17. The maximum Gasteiger partial charge on any atom is 0.133 e. The van der Waals surface area contributed by atoms with Crippen LogP contribution in [0.2, 0.25) is 0 Å². The largest absolute Gasteiger partial charge is 0.496 e. The van der Waals surface area contributed by atoms with E-state index in [0.29, 0.717) is 6.04 Å². The van der Waals surface area contributed by atoms with Crippen LogP contribution in [0.25, 0.3) is 0 Å². The van der Waals surface area contributed by atoms with Crippen molar-refractivity contribution in [3.8, 4) is 5.75 Å². The number of hydrogen-bond acceptors (Lipinski definition) is 2. The standard InChI is InChI=1S/C14H20BrNO/c1-3-16-13(8-10-4-5-10)11-6-7-14(17-2)12(15)9-11/h6-7,9-10,13,16H,3-5,8H2,1-2H3. The molecule has 2 nitrogen and oxygen atoms in total. The van der Waals surface area contributed by atoms with E-state index in [0.717, 1.165) is 22.7 Å². The number of ether oxygens (including phenoxy) is 1. The molecular weight excluding hydrogens is 278 g/mol. The number of nitrogens with one attached hydrogen (secondary N) is 1. The zero-order valence-corrected chi connectivity index (χ0v) is 12.1. The van der Waals surface area contributed by atoms with Gasteiger partial charge in [-0.15, -0.1) is 0 Å². The summed E-state index contributed by atoms with van der Waals surface area (Å²) in [6, 6.07) is 6.86. The molecule has 1 atom stereocenters. The lowest BCUT2D eigenvalue weighted by Gasteiger charge is -2.19. The molecule has 0 heterocycles. The Kier molecular flexibility index (Phi) is 4.46. The molecule has 1 fully saturated rings. The Morgan fingerprint density at radius 3 is 2.76 bits per heavy atom. The number of rotatable bonds is 6. The first-order chi connectivity index (χ1) is 8.24. The number of methoxy groups -OCH3 is 1. The summed E-state index contributed by atoms with van der Waals surface area (Å²) in [5, 5.41) is 3.57. The third-order valence-electron chi connectivity index (χ3n) is 3.29. The van der Waals surface area contributed by atoms with Crippen LogP contribution >= 0.6 is 15.9 Å². The van der Waals surface area contributed by atoms with Gasteiger partial charge in [-0.3, -0.25) is 0 Å². The Labute approximate surface area is 112 Å². The van der Waals surface area contributed by atoms with Crippen molar-refractivity contribution >= 4 is 15.9 Å². The lowest BCUT2D eigenvalue weighted by Crippen LogP contribution is -2.21. The van der Waals surface area contributed by atoms with E-state index in [1.807, 2.05) is 6.07 Å². The summed E-state index contributed by atoms with van der Waals surface area (Å²) in [5.74, 6) is 1.83. The second-order valence-electron chi connectivity index (χ2n) is 4.68. The molecular formula is C14H20BrNO. The quantitative estimate of drug-likeness (QED) is 0.860. The third kappa shape index (κ3) is 3.46. The summed E-state index contributed by atoms with van der Waals surface area (Å²) in [4.78, 5) is 0. The number of hydrogen-bond donors (Lipinski definition) is 1. The molecule has 1 aromatic carbocycles. The molecule has 0 radical (unpaired) electrons. The Hall–Kier alpha value is -0.540. The number of halogens is 1. The smallest absolute Gasteiger partial charge is 0.133 e. The van der Waals surface area contributed by atoms with E-state index in [4.69, 9.17) is 4.74 Å². The van der Waals surface area contributed by atoms with Crippen molar-refractivity contribution in [2.45, 2.75) is 32.2 Å². The molecule has 17 heavy (non-hydrogen) atoms. The molecule has 0 bridgehead atoms. The average Bonchev–Trinajstić information content (AvgIpc) is 3.12. The monoisotopic (exact) mass is 297 g/mol. The van der Waals surface area contributed by atoms with Crippen LogP contribution in [0.5, 0.6) is 5.75 Å². The van der Waals surface area contributed by atoms with E-state index in [-0.39, 0.29) is 0 Å². The van der Waals surface area contributed by atoms with E-state index in [1.54, 1.807) is 7.11 Å². The summed E-state index contributed by atoms with van der Waals surface area (Å²) in [6.07, 6.45) is 4.06. The molecule has 3 heteroatoms. The zero-order valence-electron chi connectivity index (χ0n) is 10.5. The van der Waals surface area contributed by atoms with Crippen LogP contribution in [-0.4, -0.2) is 13.7 Å². The molecule has 2 rings (SSSR count). The second-order valence-corrected chi connectivity index (χ2v) is 5.54. The predicted octanol–water partition coefficient (Wildman–Crippen LogP) is 3.91. The van der Waals surface area contributed by atoms with Gasteiger partial charge in [-0.05, 0) is 52.5 Å². The van der Waals surface area contributed by atoms with Crippen LogP contribution < -0.4 is 10.1 Å². The van der Waals surface area contributed by atoms with Crippen LogP contribution in [0.1, 0.15) is 37.8 Å². The van der Waals surface area contributed by atoms with Crippen LogP contribution in [0.3, 0.4) is 0 Å². The van der Waals surface area contributed by atoms with Crippen molar-refractivity contribution in [2.24, 2.45) is 5.92 Å². The van der Waals surface area contributed by atoms with Gasteiger partial charge in [-0.2, -0.15) is 0 Å². The highest BCUT2D eigenvalue weighted by atomic mass is 79.9. The molecule has 1 N–H and O–H groups in total. The van der Waals surface area contributed by atoms with E-state index in [2.05, 4.69) is 40.3 Å². The van der Waals surface area contributed by atoms with Crippen molar-refractivity contribution in [3.63, 3.8) is 0 Å². The zero-order chi connectivity index (χ0) is 12.3. The predicted molar refractivity (Wildman–Crippen MR) is 74.5 cm³/mol. The first-order valence-electron chi connectivity index (χ1n) is 6.31. The molecule has 94 valence electrons. The van der Waals surface area contributed by atoms with E-state index in [1.165, 1.54) is 24.8 Å². The van der Waals surface area contributed by atoms with Crippen molar-refractivity contribution in [1.82, 2.24) is 5.32 Å². The van der Waals surface area contributed by atoms with Gasteiger partial charge in [0.05, 0.1) is 11.6 Å². The summed E-state index contributed by atoms with van der Waals surface area (Å²) in [6.45, 7) is 3.18. The maximum absolute atomic E-state index is 5.27. The van der Waals surface area contributed by atoms with Crippen molar-refractivity contribution in [3.05, 3.63) is 28.2 Å². The Bertz CT molecular complexity index is 376. The SMILES string of the molecule is CCNC(CC1CC1)c1ccc(OC)c(Br)c1. The maximum atomic E-state index is 5.27. The summed E-state index contributed by atoms with van der Waals surface area (Å²) in [7, 11) is 1.70. The van der Waals surface area contributed by atoms with E-state index in [9.17, 15) is 0 Å². The van der Waals surface area contributed by atoms with Gasteiger partial charge in [0.2, 0.25) is 0 Å². The van der Waals surface area contributed by atoms with Crippen LogP contribution in [0.15, 0.2) is 22.7 Å². The van der Waals surface area contributed by atoms with Gasteiger partial charge in [-0.1, -0.05) is 25.8 Å². The lowest BCUT2D eigenvalue weighted by molar-refractivity contribution is 0.411.